The van der Waals surface area contributed by atoms with Gasteiger partial charge in [-0.2, -0.15) is 31.6 Å². The van der Waals surface area contributed by atoms with E-state index >= 15 is 0 Å². The first-order valence-corrected chi connectivity index (χ1v) is 4.37. The van der Waals surface area contributed by atoms with Gasteiger partial charge >= 0.3 is 18.4 Å². The van der Waals surface area contributed by atoms with Crippen LogP contribution in [-0.4, -0.2) is 29.6 Å². The molecular formula is C8H5F6N3O. The van der Waals surface area contributed by atoms with Gasteiger partial charge in [0.2, 0.25) is 0 Å². The predicted molar refractivity (Wildman–Crippen MR) is 45.6 cm³/mol. The Labute approximate surface area is 96.3 Å². The van der Waals surface area contributed by atoms with Gasteiger partial charge in [0.05, 0.1) is 6.07 Å². The number of nitrogens with one attached hydrogen (secondary N) is 1. The van der Waals surface area contributed by atoms with Crippen LogP contribution in [0.15, 0.2) is 4.99 Å². The molecule has 0 fully saturated rings. The summed E-state index contributed by atoms with van der Waals surface area (Å²) in [7, 11) is 0. The van der Waals surface area contributed by atoms with Crippen LogP contribution in [0.25, 0.3) is 0 Å². The van der Waals surface area contributed by atoms with Crippen molar-refractivity contribution in [2.75, 3.05) is 0 Å². The number of aliphatic imine (C=N–C) groups is 1. The molecule has 18 heavy (non-hydrogen) atoms. The Balaban J connectivity index is 3.59. The minimum absolute atomic E-state index is 0.742. The molecule has 0 aromatic heterocycles. The molecule has 0 aliphatic carbocycles. The third kappa shape index (κ3) is 1.79. The van der Waals surface area contributed by atoms with E-state index in [9.17, 15) is 31.1 Å². The van der Waals surface area contributed by atoms with E-state index in [2.05, 4.69) is 4.99 Å². The van der Waals surface area contributed by atoms with Gasteiger partial charge in [0, 0.05) is 5.71 Å². The fraction of sp³-hybridized carbons (Fsp3) is 0.625. The molecule has 1 unspecified atom stereocenters. The van der Waals surface area contributed by atoms with Crippen molar-refractivity contribution < 1.29 is 31.1 Å². The van der Waals surface area contributed by atoms with Crippen LogP contribution in [0.5, 0.6) is 0 Å². The third-order valence-corrected chi connectivity index (χ3v) is 2.46. The molecule has 1 aliphatic heterocycles. The van der Waals surface area contributed by atoms with Crippen molar-refractivity contribution >= 4 is 11.7 Å². The van der Waals surface area contributed by atoms with Crippen molar-refractivity contribution in [3.8, 4) is 6.07 Å². The maximum atomic E-state index is 12.7. The van der Waals surface area contributed by atoms with E-state index in [4.69, 9.17) is 5.26 Å². The fourth-order valence-electron chi connectivity index (χ4n) is 1.63. The summed E-state index contributed by atoms with van der Waals surface area (Å²) in [4.78, 5) is 13.7. The van der Waals surface area contributed by atoms with Gasteiger partial charge in [-0.3, -0.25) is 0 Å². The number of halogens is 6. The zero-order valence-electron chi connectivity index (χ0n) is 8.65. The lowest BCUT2D eigenvalue weighted by Gasteiger charge is -2.42. The number of carbonyl (C=O) groups is 1. The molecular weight excluding hydrogens is 268 g/mol. The molecule has 0 aromatic rings. The zero-order valence-corrected chi connectivity index (χ0v) is 8.65. The number of nitriles is 1. The van der Waals surface area contributed by atoms with Crippen LogP contribution < -0.4 is 5.32 Å². The van der Waals surface area contributed by atoms with Crippen molar-refractivity contribution in [3.63, 3.8) is 0 Å². The SMILES string of the molecule is CC1=NC(=O)NC(C(F)(F)F)(C(F)(F)F)C1C#N. The van der Waals surface area contributed by atoms with Crippen LogP contribution in [-0.2, 0) is 0 Å². The van der Waals surface area contributed by atoms with Gasteiger partial charge in [0.15, 0.2) is 0 Å². The number of hydrogen-bond acceptors (Lipinski definition) is 2. The second kappa shape index (κ2) is 3.86. The minimum Gasteiger partial charge on any atom is -0.313 e. The van der Waals surface area contributed by atoms with Gasteiger partial charge in [-0.1, -0.05) is 0 Å². The predicted octanol–water partition coefficient (Wildman–Crippen LogP) is 2.17. The van der Waals surface area contributed by atoms with E-state index < -0.39 is 35.6 Å². The molecule has 0 radical (unpaired) electrons. The normalized spacial score (nSPS) is 24.0. The Morgan fingerprint density at radius 3 is 2.06 bits per heavy atom. The molecule has 4 nitrogen and oxygen atoms in total. The summed E-state index contributed by atoms with van der Waals surface area (Å²) in [6, 6.07) is -0.891. The topological polar surface area (TPSA) is 65.2 Å². The highest BCUT2D eigenvalue weighted by Crippen LogP contribution is 2.49. The molecule has 0 bridgehead atoms. The Morgan fingerprint density at radius 1 is 1.28 bits per heavy atom. The highest BCUT2D eigenvalue weighted by Gasteiger charge is 2.77. The summed E-state index contributed by atoms with van der Waals surface area (Å²) in [6.45, 7) is 0.763. The van der Waals surface area contributed by atoms with Gasteiger partial charge in [-0.05, 0) is 6.92 Å². The van der Waals surface area contributed by atoms with Crippen LogP contribution in [0.2, 0.25) is 0 Å². The van der Waals surface area contributed by atoms with Gasteiger partial charge in [0.25, 0.3) is 5.54 Å². The van der Waals surface area contributed by atoms with Gasteiger partial charge in [-0.15, -0.1) is 0 Å². The number of hydrogen-bond donors (Lipinski definition) is 1. The molecule has 1 rings (SSSR count). The van der Waals surface area contributed by atoms with E-state index in [-0.39, 0.29) is 0 Å². The van der Waals surface area contributed by atoms with Crippen LogP contribution in [0.1, 0.15) is 6.92 Å². The lowest BCUT2D eigenvalue weighted by Crippen LogP contribution is -2.73. The van der Waals surface area contributed by atoms with Gasteiger partial charge < -0.3 is 5.32 Å². The number of urea groups is 1. The monoisotopic (exact) mass is 273 g/mol. The summed E-state index contributed by atoms with van der Waals surface area (Å²) in [5.74, 6) is -2.66. The largest absolute Gasteiger partial charge is 0.422 e. The third-order valence-electron chi connectivity index (χ3n) is 2.46. The van der Waals surface area contributed by atoms with E-state index in [1.165, 1.54) is 0 Å². The number of rotatable bonds is 0. The van der Waals surface area contributed by atoms with Crippen molar-refractivity contribution in [1.29, 1.82) is 5.26 Å². The molecule has 1 aliphatic rings. The van der Waals surface area contributed by atoms with Crippen molar-refractivity contribution in [3.05, 3.63) is 0 Å². The average molecular weight is 273 g/mol. The van der Waals surface area contributed by atoms with Gasteiger partial charge in [-0.25, -0.2) is 9.79 Å². The highest BCUT2D eigenvalue weighted by molar-refractivity contribution is 6.00. The summed E-state index contributed by atoms with van der Waals surface area (Å²) in [5, 5.41) is 9.27. The molecule has 0 saturated carbocycles. The second-order valence-electron chi connectivity index (χ2n) is 3.55. The molecule has 2 amide bonds. The minimum atomic E-state index is -5.88. The molecule has 0 aromatic carbocycles. The Kier molecular flexibility index (Phi) is 3.06. The molecule has 1 N–H and O–H groups in total. The fourth-order valence-corrected chi connectivity index (χ4v) is 1.63. The molecule has 0 saturated heterocycles. The van der Waals surface area contributed by atoms with Crippen molar-refractivity contribution in [1.82, 2.24) is 5.32 Å². The number of nitrogens with zero attached hydrogens (tertiary/aromatic N) is 2. The van der Waals surface area contributed by atoms with E-state index in [1.807, 2.05) is 0 Å². The van der Waals surface area contributed by atoms with E-state index in [0.717, 1.165) is 18.3 Å². The Hall–Kier alpha value is -1.79. The van der Waals surface area contributed by atoms with Crippen LogP contribution in [0.3, 0.4) is 0 Å². The Morgan fingerprint density at radius 2 is 1.72 bits per heavy atom. The van der Waals surface area contributed by atoms with E-state index in [1.54, 1.807) is 0 Å². The molecule has 100 valence electrons. The summed E-state index contributed by atoms with van der Waals surface area (Å²) >= 11 is 0. The smallest absolute Gasteiger partial charge is 0.313 e. The van der Waals surface area contributed by atoms with E-state index in [0.29, 0.717) is 0 Å². The Bertz CT molecular complexity index is 429. The first kappa shape index (κ1) is 14.3. The summed E-state index contributed by atoms with van der Waals surface area (Å²) < 4.78 is 76.4. The van der Waals surface area contributed by atoms with Crippen molar-refractivity contribution in [2.45, 2.75) is 24.8 Å². The molecule has 0 spiro atoms. The van der Waals surface area contributed by atoms with Crippen LogP contribution in [0, 0.1) is 17.2 Å². The summed E-state index contributed by atoms with van der Waals surface area (Å²) in [5.41, 5.74) is -5.46. The number of carbonyl (C=O) groups excluding carboxylic acids is 1. The standard InChI is InChI=1S/C8H5F6N3O/c1-3-4(2-15)6(7(9,10)11,8(12,13)14)17-5(18)16-3/h4H,1H3,(H,17,18). The number of amides is 2. The first-order chi connectivity index (χ1) is 7.97. The van der Waals surface area contributed by atoms with Crippen LogP contribution >= 0.6 is 0 Å². The quantitative estimate of drug-likeness (QED) is 0.687. The lowest BCUT2D eigenvalue weighted by atomic mass is 9.79. The highest BCUT2D eigenvalue weighted by atomic mass is 19.4. The van der Waals surface area contributed by atoms with Crippen LogP contribution in [0.4, 0.5) is 31.1 Å². The molecule has 1 atom stereocenters. The lowest BCUT2D eigenvalue weighted by molar-refractivity contribution is -0.309. The summed E-state index contributed by atoms with van der Waals surface area (Å²) in [6.07, 6.45) is -11.8. The maximum absolute atomic E-state index is 12.7. The van der Waals surface area contributed by atoms with Gasteiger partial charge in [0.1, 0.15) is 5.92 Å². The maximum Gasteiger partial charge on any atom is 0.422 e. The molecule has 1 heterocycles. The number of alkyl halides is 6. The first-order valence-electron chi connectivity index (χ1n) is 4.37. The zero-order chi connectivity index (χ0) is 14.4. The average Bonchev–Trinajstić information content (AvgIpc) is 2.12. The molecule has 10 heteroatoms. The van der Waals surface area contributed by atoms with Crippen molar-refractivity contribution in [2.24, 2.45) is 10.9 Å². The second-order valence-corrected chi connectivity index (χ2v) is 3.55.